The number of thiophene rings is 1. The normalized spacial score (nSPS) is 13.1. The van der Waals surface area contributed by atoms with Gasteiger partial charge in [-0.1, -0.05) is 36.4 Å². The Labute approximate surface area is 201 Å². The first-order valence-corrected chi connectivity index (χ1v) is 13.3. The summed E-state index contributed by atoms with van der Waals surface area (Å²) in [6.07, 6.45) is 2.60. The first-order valence-electron chi connectivity index (χ1n) is 10.6. The molecule has 0 saturated carbocycles. The van der Waals surface area contributed by atoms with E-state index in [-0.39, 0.29) is 12.3 Å². The van der Waals surface area contributed by atoms with E-state index in [2.05, 4.69) is 10.6 Å². The molecule has 0 spiro atoms. The summed E-state index contributed by atoms with van der Waals surface area (Å²) in [7, 11) is -3.44. The molecule has 0 fully saturated rings. The number of benzene rings is 2. The third-order valence-electron chi connectivity index (χ3n) is 5.37. The first kappa shape index (κ1) is 23.7. The van der Waals surface area contributed by atoms with Crippen LogP contribution in [0.3, 0.4) is 0 Å². The van der Waals surface area contributed by atoms with Crippen LogP contribution in [0, 0.1) is 0 Å². The molecule has 0 unspecified atom stereocenters. The van der Waals surface area contributed by atoms with Crippen molar-refractivity contribution in [1.82, 2.24) is 5.32 Å². The van der Waals surface area contributed by atoms with Crippen LogP contribution < -0.4 is 14.9 Å². The van der Waals surface area contributed by atoms with Crippen molar-refractivity contribution in [3.05, 3.63) is 81.5 Å². The van der Waals surface area contributed by atoms with Crippen molar-refractivity contribution >= 4 is 50.3 Å². The molecule has 1 aliphatic rings. The lowest BCUT2D eigenvalue weighted by Crippen LogP contribution is -2.36. The van der Waals surface area contributed by atoms with E-state index in [0.29, 0.717) is 28.4 Å². The predicted molar refractivity (Wildman–Crippen MR) is 132 cm³/mol. The van der Waals surface area contributed by atoms with Crippen molar-refractivity contribution in [2.24, 2.45) is 0 Å². The van der Waals surface area contributed by atoms with Gasteiger partial charge in [-0.25, -0.2) is 8.42 Å². The summed E-state index contributed by atoms with van der Waals surface area (Å²) in [5.41, 5.74) is 2.30. The summed E-state index contributed by atoms with van der Waals surface area (Å²) in [5, 5.41) is 5.07. The number of nitrogens with zero attached hydrogens (tertiary/aromatic N) is 1. The van der Waals surface area contributed by atoms with E-state index in [1.807, 2.05) is 6.07 Å². The summed E-state index contributed by atoms with van der Waals surface area (Å²) >= 11 is 1.25. The third kappa shape index (κ3) is 5.35. The van der Waals surface area contributed by atoms with Crippen LogP contribution in [0.2, 0.25) is 0 Å². The molecule has 0 saturated heterocycles. The van der Waals surface area contributed by atoms with Gasteiger partial charge in [-0.15, -0.1) is 11.3 Å². The highest BCUT2D eigenvalue weighted by molar-refractivity contribution is 7.92. The lowest BCUT2D eigenvalue weighted by molar-refractivity contribution is -0.136. The van der Waals surface area contributed by atoms with Gasteiger partial charge in [-0.2, -0.15) is 0 Å². The molecule has 34 heavy (non-hydrogen) atoms. The SMILES string of the molecule is CS(=O)(=O)N1CCCc2ccc(NC(=O)C(=O)NCc3ccc(C(=O)c4ccccc4)s3)cc21. The van der Waals surface area contributed by atoms with Crippen molar-refractivity contribution in [2.75, 3.05) is 22.4 Å². The maximum atomic E-state index is 12.5. The van der Waals surface area contributed by atoms with E-state index in [1.54, 1.807) is 54.6 Å². The minimum absolute atomic E-state index is 0.100. The second-order valence-corrected chi connectivity index (χ2v) is 11.0. The Hall–Kier alpha value is -3.50. The summed E-state index contributed by atoms with van der Waals surface area (Å²) in [5.74, 6) is -1.79. The van der Waals surface area contributed by atoms with Crippen LogP contribution in [0.25, 0.3) is 0 Å². The van der Waals surface area contributed by atoms with Gasteiger partial charge in [0.15, 0.2) is 0 Å². The van der Waals surface area contributed by atoms with Gasteiger partial charge in [-0.05, 0) is 42.7 Å². The second kappa shape index (κ2) is 9.78. The molecule has 10 heteroatoms. The minimum Gasteiger partial charge on any atom is -0.343 e. The molecule has 3 aromatic rings. The van der Waals surface area contributed by atoms with Gasteiger partial charge in [0.1, 0.15) is 0 Å². The minimum atomic E-state index is -3.44. The van der Waals surface area contributed by atoms with Gasteiger partial charge in [0, 0.05) is 22.7 Å². The lowest BCUT2D eigenvalue weighted by Gasteiger charge is -2.29. The predicted octanol–water partition coefficient (Wildman–Crippen LogP) is 2.95. The monoisotopic (exact) mass is 497 g/mol. The fourth-order valence-electron chi connectivity index (χ4n) is 3.73. The number of aryl methyl sites for hydroxylation is 1. The molecule has 1 aliphatic heterocycles. The van der Waals surface area contributed by atoms with E-state index in [9.17, 15) is 22.8 Å². The van der Waals surface area contributed by atoms with Crippen molar-refractivity contribution < 1.29 is 22.8 Å². The molecule has 4 rings (SSSR count). The number of ketones is 1. The number of amides is 2. The van der Waals surface area contributed by atoms with Crippen LogP contribution >= 0.6 is 11.3 Å². The van der Waals surface area contributed by atoms with Crippen molar-refractivity contribution in [3.8, 4) is 0 Å². The first-order chi connectivity index (χ1) is 16.2. The Bertz CT molecular complexity index is 1350. The highest BCUT2D eigenvalue weighted by atomic mass is 32.2. The van der Waals surface area contributed by atoms with Gasteiger partial charge in [0.05, 0.1) is 23.4 Å². The zero-order chi connectivity index (χ0) is 24.3. The Morgan fingerprint density at radius 2 is 1.76 bits per heavy atom. The largest absolute Gasteiger partial charge is 0.343 e. The topological polar surface area (TPSA) is 113 Å². The quantitative estimate of drug-likeness (QED) is 0.402. The molecule has 2 amide bonds. The zero-order valence-corrected chi connectivity index (χ0v) is 20.0. The highest BCUT2D eigenvalue weighted by Crippen LogP contribution is 2.31. The molecule has 2 N–H and O–H groups in total. The fraction of sp³-hybridized carbons (Fsp3) is 0.208. The van der Waals surface area contributed by atoms with Crippen LogP contribution in [0.5, 0.6) is 0 Å². The average molecular weight is 498 g/mol. The van der Waals surface area contributed by atoms with Gasteiger partial charge < -0.3 is 10.6 Å². The number of nitrogens with one attached hydrogen (secondary N) is 2. The number of carbonyl (C=O) groups is 3. The fourth-order valence-corrected chi connectivity index (χ4v) is 5.62. The number of hydrogen-bond donors (Lipinski definition) is 2. The number of sulfonamides is 1. The lowest BCUT2D eigenvalue weighted by atomic mass is 10.0. The molecule has 2 heterocycles. The number of rotatable bonds is 6. The molecule has 0 aliphatic carbocycles. The standard InChI is InChI=1S/C24H23N3O5S2/c1-34(31,32)27-13-5-8-16-9-10-18(14-20(16)27)26-24(30)23(29)25-15-19-11-12-21(33-19)22(28)17-6-3-2-4-7-17/h2-4,6-7,9-12,14H,5,8,13,15H2,1H3,(H,25,29)(H,26,30). The van der Waals surface area contributed by atoms with E-state index in [0.717, 1.165) is 29.5 Å². The van der Waals surface area contributed by atoms with Crippen LogP contribution in [0.15, 0.2) is 60.7 Å². The number of anilines is 2. The molecular formula is C24H23N3O5S2. The van der Waals surface area contributed by atoms with Gasteiger partial charge in [0.2, 0.25) is 15.8 Å². The Morgan fingerprint density at radius 1 is 1.00 bits per heavy atom. The Balaban J connectivity index is 1.37. The van der Waals surface area contributed by atoms with E-state index in [1.165, 1.54) is 15.6 Å². The molecule has 0 atom stereocenters. The smallest absolute Gasteiger partial charge is 0.313 e. The summed E-state index contributed by atoms with van der Waals surface area (Å²) in [6, 6.07) is 17.3. The number of fused-ring (bicyclic) bond motifs is 1. The molecule has 8 nitrogen and oxygen atoms in total. The van der Waals surface area contributed by atoms with Crippen LogP contribution in [0.4, 0.5) is 11.4 Å². The molecule has 2 aromatic carbocycles. The zero-order valence-electron chi connectivity index (χ0n) is 18.4. The summed E-state index contributed by atoms with van der Waals surface area (Å²) in [6.45, 7) is 0.477. The summed E-state index contributed by atoms with van der Waals surface area (Å²) < 4.78 is 25.5. The molecule has 1 aromatic heterocycles. The van der Waals surface area contributed by atoms with Crippen LogP contribution in [0.1, 0.15) is 32.1 Å². The third-order valence-corrected chi connectivity index (χ3v) is 7.63. The van der Waals surface area contributed by atoms with Crippen molar-refractivity contribution in [2.45, 2.75) is 19.4 Å². The second-order valence-electron chi connectivity index (χ2n) is 7.88. The maximum Gasteiger partial charge on any atom is 0.313 e. The number of carbonyl (C=O) groups excluding carboxylic acids is 3. The Morgan fingerprint density at radius 3 is 2.50 bits per heavy atom. The molecule has 0 radical (unpaired) electrons. The Kier molecular flexibility index (Phi) is 6.80. The highest BCUT2D eigenvalue weighted by Gasteiger charge is 2.25. The van der Waals surface area contributed by atoms with Gasteiger partial charge in [-0.3, -0.25) is 18.7 Å². The van der Waals surface area contributed by atoms with E-state index < -0.39 is 21.8 Å². The van der Waals surface area contributed by atoms with E-state index >= 15 is 0 Å². The molecular weight excluding hydrogens is 474 g/mol. The number of hydrogen-bond acceptors (Lipinski definition) is 6. The van der Waals surface area contributed by atoms with E-state index in [4.69, 9.17) is 0 Å². The van der Waals surface area contributed by atoms with Crippen LogP contribution in [-0.2, 0) is 32.6 Å². The molecule has 0 bridgehead atoms. The van der Waals surface area contributed by atoms with Gasteiger partial charge >= 0.3 is 11.8 Å². The van der Waals surface area contributed by atoms with Crippen LogP contribution in [-0.4, -0.2) is 38.8 Å². The maximum absolute atomic E-state index is 12.5. The van der Waals surface area contributed by atoms with Crippen molar-refractivity contribution in [1.29, 1.82) is 0 Å². The average Bonchev–Trinajstić information content (AvgIpc) is 3.30. The molecule has 176 valence electrons. The van der Waals surface area contributed by atoms with Crippen molar-refractivity contribution in [3.63, 3.8) is 0 Å². The van der Waals surface area contributed by atoms with Gasteiger partial charge in [0.25, 0.3) is 0 Å². The summed E-state index contributed by atoms with van der Waals surface area (Å²) in [4.78, 5) is 38.5.